The van der Waals surface area contributed by atoms with Crippen molar-refractivity contribution >= 4 is 27.3 Å². The van der Waals surface area contributed by atoms with E-state index in [1.54, 1.807) is 13.0 Å². The fourth-order valence-electron chi connectivity index (χ4n) is 3.70. The third kappa shape index (κ3) is 4.44. The first-order valence-corrected chi connectivity index (χ1v) is 11.8. The number of nitrogens with one attached hydrogen (secondary N) is 1. The normalized spacial score (nSPS) is 14.2. The Labute approximate surface area is 191 Å². The average Bonchev–Trinajstić information content (AvgIpc) is 3.46. The number of sulfonamides is 1. The van der Waals surface area contributed by atoms with Crippen molar-refractivity contribution in [2.75, 3.05) is 37.4 Å². The third-order valence-electron chi connectivity index (χ3n) is 5.51. The van der Waals surface area contributed by atoms with Crippen molar-refractivity contribution in [3.05, 3.63) is 53.6 Å². The average molecular weight is 474 g/mol. The molecule has 4 rings (SSSR count). The standard InChI is InChI=1S/C21H24FN7O3S/c1-14-24-25-26-29(14)15-6-8-18(22)19(12-15)23-21(30)17-13-16(33(31,32)27(2)3)7-9-20(17)28-10-4-5-11-28/h6-9,12-13H,4-5,10-11H2,1-3H3,(H,23,30). The fourth-order valence-corrected chi connectivity index (χ4v) is 4.63. The van der Waals surface area contributed by atoms with Crippen LogP contribution in [0.25, 0.3) is 5.69 Å². The Morgan fingerprint density at radius 3 is 2.48 bits per heavy atom. The van der Waals surface area contributed by atoms with Crippen LogP contribution in [0.15, 0.2) is 41.3 Å². The first-order chi connectivity index (χ1) is 15.7. The van der Waals surface area contributed by atoms with Gasteiger partial charge in [-0.25, -0.2) is 17.1 Å². The lowest BCUT2D eigenvalue weighted by Crippen LogP contribution is -2.26. The van der Waals surface area contributed by atoms with Crippen molar-refractivity contribution in [2.45, 2.75) is 24.7 Å². The van der Waals surface area contributed by atoms with Gasteiger partial charge in [-0.1, -0.05) is 0 Å². The van der Waals surface area contributed by atoms with Gasteiger partial charge in [-0.2, -0.15) is 4.68 Å². The van der Waals surface area contributed by atoms with Gasteiger partial charge in [-0.05, 0) is 66.6 Å². The van der Waals surface area contributed by atoms with E-state index in [4.69, 9.17) is 0 Å². The molecule has 0 bridgehead atoms. The summed E-state index contributed by atoms with van der Waals surface area (Å²) in [6.45, 7) is 3.20. The summed E-state index contributed by atoms with van der Waals surface area (Å²) >= 11 is 0. The van der Waals surface area contributed by atoms with E-state index in [1.807, 2.05) is 4.90 Å². The molecule has 1 N–H and O–H groups in total. The summed E-state index contributed by atoms with van der Waals surface area (Å²) in [5.41, 5.74) is 1.16. The van der Waals surface area contributed by atoms with Crippen molar-refractivity contribution in [1.29, 1.82) is 0 Å². The van der Waals surface area contributed by atoms with Gasteiger partial charge in [0.15, 0.2) is 5.82 Å². The van der Waals surface area contributed by atoms with Crippen molar-refractivity contribution in [2.24, 2.45) is 0 Å². The molecule has 1 aliphatic heterocycles. The van der Waals surface area contributed by atoms with Gasteiger partial charge in [0.05, 0.1) is 21.8 Å². The van der Waals surface area contributed by atoms with Crippen LogP contribution in [-0.2, 0) is 10.0 Å². The van der Waals surface area contributed by atoms with Gasteiger partial charge in [0, 0.05) is 32.9 Å². The van der Waals surface area contributed by atoms with Crippen LogP contribution < -0.4 is 10.2 Å². The van der Waals surface area contributed by atoms with Crippen LogP contribution in [0, 0.1) is 12.7 Å². The van der Waals surface area contributed by atoms with E-state index >= 15 is 0 Å². The van der Waals surface area contributed by atoms with E-state index in [0.29, 0.717) is 17.2 Å². The Hall–Kier alpha value is -3.38. The maximum Gasteiger partial charge on any atom is 0.257 e. The molecule has 1 fully saturated rings. The number of rotatable bonds is 6. The van der Waals surface area contributed by atoms with Gasteiger partial charge in [0.2, 0.25) is 10.0 Å². The Balaban J connectivity index is 1.73. The maximum atomic E-state index is 14.6. The van der Waals surface area contributed by atoms with Gasteiger partial charge < -0.3 is 10.2 Å². The predicted molar refractivity (Wildman–Crippen MR) is 121 cm³/mol. The van der Waals surface area contributed by atoms with E-state index in [1.165, 1.54) is 49.1 Å². The van der Waals surface area contributed by atoms with Gasteiger partial charge in [0.25, 0.3) is 5.91 Å². The molecule has 0 unspecified atom stereocenters. The van der Waals surface area contributed by atoms with Crippen molar-refractivity contribution in [3.63, 3.8) is 0 Å². The quantitative estimate of drug-likeness (QED) is 0.584. The molecular formula is C21H24FN7O3S. The van der Waals surface area contributed by atoms with Crippen LogP contribution in [0.2, 0.25) is 0 Å². The minimum atomic E-state index is -3.76. The number of carbonyl (C=O) groups excluding carboxylic acids is 1. The minimum absolute atomic E-state index is 0.0147. The van der Waals surface area contributed by atoms with Gasteiger partial charge in [0.1, 0.15) is 5.82 Å². The lowest BCUT2D eigenvalue weighted by Gasteiger charge is -2.22. The summed E-state index contributed by atoms with van der Waals surface area (Å²) in [6.07, 6.45) is 1.95. The first-order valence-electron chi connectivity index (χ1n) is 10.4. The molecule has 0 aliphatic carbocycles. The zero-order valence-electron chi connectivity index (χ0n) is 18.5. The molecule has 0 atom stereocenters. The minimum Gasteiger partial charge on any atom is -0.371 e. The molecule has 2 heterocycles. The number of hydrogen-bond donors (Lipinski definition) is 1. The SMILES string of the molecule is Cc1nnnn1-c1ccc(F)c(NC(=O)c2cc(S(=O)(=O)N(C)C)ccc2N2CCCC2)c1. The van der Waals surface area contributed by atoms with Gasteiger partial charge in [-0.15, -0.1) is 5.10 Å². The molecule has 1 aromatic heterocycles. The highest BCUT2D eigenvalue weighted by atomic mass is 32.2. The monoisotopic (exact) mass is 473 g/mol. The van der Waals surface area contributed by atoms with E-state index < -0.39 is 21.7 Å². The lowest BCUT2D eigenvalue weighted by molar-refractivity contribution is 0.102. The summed E-state index contributed by atoms with van der Waals surface area (Å²) < 4.78 is 42.4. The molecule has 1 aliphatic rings. The molecule has 0 saturated carbocycles. The highest BCUT2D eigenvalue weighted by Gasteiger charge is 2.25. The van der Waals surface area contributed by atoms with E-state index in [-0.39, 0.29) is 16.1 Å². The van der Waals surface area contributed by atoms with Crippen molar-refractivity contribution in [3.8, 4) is 5.69 Å². The molecule has 33 heavy (non-hydrogen) atoms. The summed E-state index contributed by atoms with van der Waals surface area (Å²) in [6, 6.07) is 8.59. The second-order valence-electron chi connectivity index (χ2n) is 7.92. The lowest BCUT2D eigenvalue weighted by atomic mass is 10.1. The van der Waals surface area contributed by atoms with Gasteiger partial charge >= 0.3 is 0 Å². The molecule has 1 amide bonds. The van der Waals surface area contributed by atoms with E-state index in [0.717, 1.165) is 30.2 Å². The Bertz CT molecular complexity index is 1300. The van der Waals surface area contributed by atoms with Crippen molar-refractivity contribution < 1.29 is 17.6 Å². The van der Waals surface area contributed by atoms with E-state index in [9.17, 15) is 17.6 Å². The number of aromatic nitrogens is 4. The van der Waals surface area contributed by atoms with Crippen LogP contribution in [0.4, 0.5) is 15.8 Å². The van der Waals surface area contributed by atoms with Crippen LogP contribution in [0.3, 0.4) is 0 Å². The highest BCUT2D eigenvalue weighted by Crippen LogP contribution is 2.29. The summed E-state index contributed by atoms with van der Waals surface area (Å²) in [4.78, 5) is 15.3. The van der Waals surface area contributed by atoms with Crippen LogP contribution in [0.1, 0.15) is 29.0 Å². The number of anilines is 2. The Kier molecular flexibility index (Phi) is 6.13. The largest absolute Gasteiger partial charge is 0.371 e. The van der Waals surface area contributed by atoms with Crippen LogP contribution in [-0.4, -0.2) is 66.0 Å². The number of carbonyl (C=O) groups is 1. The third-order valence-corrected chi connectivity index (χ3v) is 7.32. The fraction of sp³-hybridized carbons (Fsp3) is 0.333. The second-order valence-corrected chi connectivity index (χ2v) is 10.1. The maximum absolute atomic E-state index is 14.6. The first kappa shape index (κ1) is 22.8. The zero-order valence-corrected chi connectivity index (χ0v) is 19.3. The number of benzene rings is 2. The Morgan fingerprint density at radius 1 is 1.12 bits per heavy atom. The molecule has 0 spiro atoms. The summed E-state index contributed by atoms with van der Waals surface area (Å²) in [7, 11) is -0.916. The zero-order chi connectivity index (χ0) is 23.8. The molecule has 3 aromatic rings. The second kappa shape index (κ2) is 8.87. The summed E-state index contributed by atoms with van der Waals surface area (Å²) in [5.74, 6) is -0.758. The van der Waals surface area contributed by atoms with E-state index in [2.05, 4.69) is 20.8 Å². The predicted octanol–water partition coefficient (Wildman–Crippen LogP) is 2.21. The molecule has 10 nitrogen and oxygen atoms in total. The Morgan fingerprint density at radius 2 is 1.85 bits per heavy atom. The molecular weight excluding hydrogens is 449 g/mol. The smallest absolute Gasteiger partial charge is 0.257 e. The number of amides is 1. The van der Waals surface area contributed by atoms with Crippen LogP contribution >= 0.6 is 0 Å². The molecule has 2 aromatic carbocycles. The molecule has 174 valence electrons. The van der Waals surface area contributed by atoms with Crippen molar-refractivity contribution in [1.82, 2.24) is 24.5 Å². The number of nitrogens with zero attached hydrogens (tertiary/aromatic N) is 6. The van der Waals surface area contributed by atoms with Gasteiger partial charge in [-0.3, -0.25) is 4.79 Å². The molecule has 12 heteroatoms. The van der Waals surface area contributed by atoms with Crippen LogP contribution in [0.5, 0.6) is 0 Å². The number of hydrogen-bond acceptors (Lipinski definition) is 7. The number of aryl methyl sites for hydroxylation is 1. The molecule has 1 saturated heterocycles. The topological polar surface area (TPSA) is 113 Å². The molecule has 0 radical (unpaired) electrons. The number of halogens is 1. The summed E-state index contributed by atoms with van der Waals surface area (Å²) in [5, 5.41) is 13.8. The number of tetrazole rings is 1. The highest BCUT2D eigenvalue weighted by molar-refractivity contribution is 7.89.